The summed E-state index contributed by atoms with van der Waals surface area (Å²) in [7, 11) is 3.70. The molecular weight excluding hydrogens is 268 g/mol. The predicted molar refractivity (Wildman–Crippen MR) is 84.9 cm³/mol. The maximum Gasteiger partial charge on any atom is 0.276 e. The first-order chi connectivity index (χ1) is 9.82. The van der Waals surface area contributed by atoms with Crippen LogP contribution >= 0.6 is 0 Å². The predicted octanol–water partition coefficient (Wildman–Crippen LogP) is 3.44. The molecule has 0 spiro atoms. The van der Waals surface area contributed by atoms with Gasteiger partial charge in [-0.1, -0.05) is 13.8 Å². The molecule has 0 amide bonds. The van der Waals surface area contributed by atoms with Gasteiger partial charge in [0.15, 0.2) is 0 Å². The van der Waals surface area contributed by atoms with E-state index in [4.69, 9.17) is 0 Å². The van der Waals surface area contributed by atoms with Gasteiger partial charge in [-0.15, -0.1) is 0 Å². The van der Waals surface area contributed by atoms with Crippen LogP contribution in [0.4, 0.5) is 17.3 Å². The number of nitrogens with one attached hydrogen (secondary N) is 1. The van der Waals surface area contributed by atoms with Crippen LogP contribution in [0.3, 0.4) is 0 Å². The van der Waals surface area contributed by atoms with E-state index in [9.17, 15) is 10.1 Å². The smallest absolute Gasteiger partial charge is 0.276 e. The van der Waals surface area contributed by atoms with Gasteiger partial charge in [-0.2, -0.15) is 0 Å². The van der Waals surface area contributed by atoms with Gasteiger partial charge in [-0.25, -0.2) is 4.98 Å². The van der Waals surface area contributed by atoms with E-state index in [-0.39, 0.29) is 10.6 Å². The van der Waals surface area contributed by atoms with Gasteiger partial charge in [0, 0.05) is 20.1 Å². The van der Waals surface area contributed by atoms with E-state index < -0.39 is 0 Å². The lowest BCUT2D eigenvalue weighted by molar-refractivity contribution is -0.384. The van der Waals surface area contributed by atoms with E-state index >= 15 is 0 Å². The summed E-state index contributed by atoms with van der Waals surface area (Å²) in [5.74, 6) is 1.19. The first-order valence-corrected chi connectivity index (χ1v) is 7.39. The molecule has 0 atom stereocenters. The first-order valence-electron chi connectivity index (χ1n) is 7.39. The van der Waals surface area contributed by atoms with Gasteiger partial charge < -0.3 is 10.2 Å². The second-order valence-electron chi connectivity index (χ2n) is 6.58. The highest BCUT2D eigenvalue weighted by Gasteiger charge is 2.29. The third kappa shape index (κ3) is 3.62. The van der Waals surface area contributed by atoms with Crippen molar-refractivity contribution in [3.05, 3.63) is 22.2 Å². The van der Waals surface area contributed by atoms with Crippen molar-refractivity contribution in [2.75, 3.05) is 24.3 Å². The van der Waals surface area contributed by atoms with Gasteiger partial charge >= 0.3 is 0 Å². The molecule has 6 heteroatoms. The number of pyridine rings is 1. The summed E-state index contributed by atoms with van der Waals surface area (Å²) in [5, 5.41) is 13.9. The van der Waals surface area contributed by atoms with E-state index in [1.54, 1.807) is 13.1 Å². The fraction of sp³-hybridized carbons (Fsp3) is 0.667. The molecule has 0 aromatic carbocycles. The summed E-state index contributed by atoms with van der Waals surface area (Å²) in [6.45, 7) is 4.60. The molecule has 0 unspecified atom stereocenters. The Kier molecular flexibility index (Phi) is 4.34. The van der Waals surface area contributed by atoms with Crippen molar-refractivity contribution in [2.45, 2.75) is 45.6 Å². The zero-order valence-electron chi connectivity index (χ0n) is 13.2. The molecule has 1 heterocycles. The molecule has 1 saturated carbocycles. The standard InChI is InChI=1S/C15H24N4O2/c1-15(2)7-5-11(6-8-15)18(4)14-10-12(19(20)21)9-13(16-3)17-14/h9-11H,5-8H2,1-4H3,(H,16,17). The minimum atomic E-state index is -0.371. The highest BCUT2D eigenvalue weighted by molar-refractivity contribution is 5.55. The normalized spacial score (nSPS) is 18.3. The molecule has 0 saturated heterocycles. The molecule has 1 aliphatic rings. The summed E-state index contributed by atoms with van der Waals surface area (Å²) >= 11 is 0. The van der Waals surface area contributed by atoms with E-state index in [0.29, 0.717) is 23.1 Å². The quantitative estimate of drug-likeness (QED) is 0.680. The number of anilines is 2. The molecule has 1 N–H and O–H groups in total. The molecule has 116 valence electrons. The highest BCUT2D eigenvalue weighted by Crippen LogP contribution is 2.37. The largest absolute Gasteiger partial charge is 0.373 e. The van der Waals surface area contributed by atoms with Crippen molar-refractivity contribution < 1.29 is 4.92 Å². The molecule has 0 bridgehead atoms. The Morgan fingerprint density at radius 1 is 1.38 bits per heavy atom. The molecule has 21 heavy (non-hydrogen) atoms. The van der Waals surface area contributed by atoms with E-state index in [2.05, 4.69) is 29.0 Å². The molecular formula is C15H24N4O2. The van der Waals surface area contributed by atoms with Crippen molar-refractivity contribution in [3.63, 3.8) is 0 Å². The SMILES string of the molecule is CNc1cc([N+](=O)[O-])cc(N(C)C2CCC(C)(C)CC2)n1. The maximum atomic E-state index is 11.0. The summed E-state index contributed by atoms with van der Waals surface area (Å²) in [6.07, 6.45) is 4.55. The summed E-state index contributed by atoms with van der Waals surface area (Å²) in [5.41, 5.74) is 0.483. The molecule has 1 fully saturated rings. The Balaban J connectivity index is 2.20. The van der Waals surface area contributed by atoms with E-state index in [0.717, 1.165) is 12.8 Å². The van der Waals surface area contributed by atoms with E-state index in [1.807, 2.05) is 7.05 Å². The fourth-order valence-corrected chi connectivity index (χ4v) is 2.87. The fourth-order valence-electron chi connectivity index (χ4n) is 2.87. The van der Waals surface area contributed by atoms with Gasteiger partial charge in [0.1, 0.15) is 11.6 Å². The third-order valence-corrected chi connectivity index (χ3v) is 4.48. The van der Waals surface area contributed by atoms with Crippen LogP contribution in [-0.2, 0) is 0 Å². The summed E-state index contributed by atoms with van der Waals surface area (Å²) in [4.78, 5) is 17.2. The van der Waals surface area contributed by atoms with Gasteiger partial charge in [0.2, 0.25) is 0 Å². The van der Waals surface area contributed by atoms with Crippen LogP contribution in [0.1, 0.15) is 39.5 Å². The Labute approximate surface area is 125 Å². The molecule has 2 rings (SSSR count). The Hall–Kier alpha value is -1.85. The highest BCUT2D eigenvalue weighted by atomic mass is 16.6. The molecule has 1 aliphatic carbocycles. The zero-order valence-corrected chi connectivity index (χ0v) is 13.2. The van der Waals surface area contributed by atoms with Crippen molar-refractivity contribution in [3.8, 4) is 0 Å². The third-order valence-electron chi connectivity index (χ3n) is 4.48. The zero-order chi connectivity index (χ0) is 15.6. The average molecular weight is 292 g/mol. The molecule has 1 aromatic heterocycles. The Morgan fingerprint density at radius 2 is 2.00 bits per heavy atom. The van der Waals surface area contributed by atoms with Crippen LogP contribution in [0.25, 0.3) is 0 Å². The van der Waals surface area contributed by atoms with Crippen molar-refractivity contribution in [1.82, 2.24) is 4.98 Å². The van der Waals surface area contributed by atoms with Crippen LogP contribution in [-0.4, -0.2) is 30.0 Å². The van der Waals surface area contributed by atoms with E-state index in [1.165, 1.54) is 18.9 Å². The average Bonchev–Trinajstić information content (AvgIpc) is 2.46. The van der Waals surface area contributed by atoms with Gasteiger partial charge in [0.25, 0.3) is 5.69 Å². The minimum Gasteiger partial charge on any atom is -0.373 e. The molecule has 0 aliphatic heterocycles. The van der Waals surface area contributed by atoms with Crippen LogP contribution in [0, 0.1) is 15.5 Å². The number of hydrogen-bond acceptors (Lipinski definition) is 5. The van der Waals surface area contributed by atoms with Crippen molar-refractivity contribution in [1.29, 1.82) is 0 Å². The minimum absolute atomic E-state index is 0.0762. The molecule has 6 nitrogen and oxygen atoms in total. The first kappa shape index (κ1) is 15.5. The Morgan fingerprint density at radius 3 is 2.52 bits per heavy atom. The second-order valence-corrected chi connectivity index (χ2v) is 6.58. The van der Waals surface area contributed by atoms with Gasteiger partial charge in [0.05, 0.1) is 17.1 Å². The van der Waals surface area contributed by atoms with Crippen LogP contribution in [0.15, 0.2) is 12.1 Å². The number of nitrogens with zero attached hydrogens (tertiary/aromatic N) is 3. The lowest BCUT2D eigenvalue weighted by Crippen LogP contribution is -2.37. The number of rotatable bonds is 4. The lowest BCUT2D eigenvalue weighted by atomic mass is 9.75. The Bertz CT molecular complexity index is 520. The number of nitro groups is 1. The van der Waals surface area contributed by atoms with Crippen LogP contribution in [0.5, 0.6) is 0 Å². The topological polar surface area (TPSA) is 71.3 Å². The van der Waals surface area contributed by atoms with Crippen molar-refractivity contribution in [2.24, 2.45) is 5.41 Å². The summed E-state index contributed by atoms with van der Waals surface area (Å²) < 4.78 is 0. The van der Waals surface area contributed by atoms with Crippen LogP contribution in [0.2, 0.25) is 0 Å². The van der Waals surface area contributed by atoms with Crippen molar-refractivity contribution >= 4 is 17.3 Å². The molecule has 0 radical (unpaired) electrons. The number of hydrogen-bond donors (Lipinski definition) is 1. The van der Waals surface area contributed by atoms with Gasteiger partial charge in [-0.05, 0) is 31.1 Å². The monoisotopic (exact) mass is 292 g/mol. The van der Waals surface area contributed by atoms with Crippen LogP contribution < -0.4 is 10.2 Å². The maximum absolute atomic E-state index is 11.0. The van der Waals surface area contributed by atoms with Gasteiger partial charge in [-0.3, -0.25) is 10.1 Å². The second kappa shape index (κ2) is 5.87. The summed E-state index contributed by atoms with van der Waals surface area (Å²) in [6, 6.07) is 3.42. The molecule has 1 aromatic rings. The number of aromatic nitrogens is 1. The lowest BCUT2D eigenvalue weighted by Gasteiger charge is -2.39.